The molecular weight excluding hydrogens is 441 g/mol. The van der Waals surface area contributed by atoms with Gasteiger partial charge in [-0.2, -0.15) is 0 Å². The molecule has 0 aliphatic rings. The molecule has 0 unspecified atom stereocenters. The van der Waals surface area contributed by atoms with Crippen LogP contribution in [0.5, 0.6) is 11.5 Å². The monoisotopic (exact) mass is 469 g/mol. The lowest BCUT2D eigenvalue weighted by molar-refractivity contribution is 0.398. The number of benzene rings is 2. The lowest BCUT2D eigenvalue weighted by Gasteiger charge is -2.14. The van der Waals surface area contributed by atoms with Crippen molar-refractivity contribution in [3.63, 3.8) is 0 Å². The topological polar surface area (TPSA) is 54.9 Å². The Balaban J connectivity index is 0.00000338. The largest absolute Gasteiger partial charge is 0.497 e. The van der Waals surface area contributed by atoms with Crippen molar-refractivity contribution in [1.29, 1.82) is 0 Å². The van der Waals surface area contributed by atoms with Crippen LogP contribution in [0, 0.1) is 0 Å². The molecule has 0 fully saturated rings. The minimum Gasteiger partial charge on any atom is -0.497 e. The quantitative estimate of drug-likeness (QED) is 0.354. The van der Waals surface area contributed by atoms with E-state index in [0.717, 1.165) is 49.0 Å². The van der Waals surface area contributed by atoms with Crippen LogP contribution in [0.4, 0.5) is 0 Å². The number of ether oxygens (including phenoxy) is 2. The third-order valence-corrected chi connectivity index (χ3v) is 3.95. The molecule has 0 saturated heterocycles. The first-order valence-electron chi connectivity index (χ1n) is 8.46. The molecule has 0 radical (unpaired) electrons. The molecule has 0 aromatic heterocycles. The average molecular weight is 469 g/mol. The van der Waals surface area contributed by atoms with E-state index in [4.69, 9.17) is 9.47 Å². The zero-order valence-electron chi connectivity index (χ0n) is 15.6. The maximum atomic E-state index is 5.41. The number of guanidine groups is 1. The zero-order valence-corrected chi connectivity index (χ0v) is 17.9. The second-order valence-corrected chi connectivity index (χ2v) is 5.59. The summed E-state index contributed by atoms with van der Waals surface area (Å²) >= 11 is 0. The van der Waals surface area contributed by atoms with Crippen LogP contribution in [-0.4, -0.2) is 40.3 Å². The van der Waals surface area contributed by atoms with Gasteiger partial charge in [0.05, 0.1) is 14.2 Å². The Hall–Kier alpha value is -1.96. The SMILES string of the molecule is CN=C(NCCc1ccccc1)NCCc1cc(OC)ccc1OC.I. The maximum absolute atomic E-state index is 5.41. The summed E-state index contributed by atoms with van der Waals surface area (Å²) in [6, 6.07) is 16.3. The highest BCUT2D eigenvalue weighted by molar-refractivity contribution is 14.0. The normalized spacial score (nSPS) is 10.7. The van der Waals surface area contributed by atoms with E-state index in [1.165, 1.54) is 5.56 Å². The Kier molecular flexibility index (Phi) is 10.5. The molecular formula is C20H28IN3O2. The molecule has 0 saturated carbocycles. The minimum absolute atomic E-state index is 0. The van der Waals surface area contributed by atoms with Crippen molar-refractivity contribution in [2.75, 3.05) is 34.4 Å². The van der Waals surface area contributed by atoms with Gasteiger partial charge in [0.2, 0.25) is 0 Å². The predicted molar refractivity (Wildman–Crippen MR) is 118 cm³/mol. The van der Waals surface area contributed by atoms with Crippen molar-refractivity contribution in [1.82, 2.24) is 10.6 Å². The van der Waals surface area contributed by atoms with Crippen LogP contribution in [-0.2, 0) is 12.8 Å². The first-order valence-corrected chi connectivity index (χ1v) is 8.46. The van der Waals surface area contributed by atoms with Gasteiger partial charge in [-0.25, -0.2) is 0 Å². The molecule has 2 rings (SSSR count). The van der Waals surface area contributed by atoms with E-state index in [1.807, 2.05) is 24.3 Å². The highest BCUT2D eigenvalue weighted by Gasteiger charge is 2.05. The fraction of sp³-hybridized carbons (Fsp3) is 0.350. The Labute approximate surface area is 173 Å². The molecule has 0 aliphatic heterocycles. The summed E-state index contributed by atoms with van der Waals surface area (Å²) in [6.07, 6.45) is 1.78. The minimum atomic E-state index is 0. The number of hydrogen-bond acceptors (Lipinski definition) is 3. The van der Waals surface area contributed by atoms with Crippen molar-refractivity contribution >= 4 is 29.9 Å². The molecule has 2 aromatic carbocycles. The Bertz CT molecular complexity index is 678. The molecule has 5 nitrogen and oxygen atoms in total. The van der Waals surface area contributed by atoms with Crippen LogP contribution in [0.2, 0.25) is 0 Å². The van der Waals surface area contributed by atoms with Gasteiger partial charge < -0.3 is 20.1 Å². The summed E-state index contributed by atoms with van der Waals surface area (Å²) in [5.74, 6) is 2.51. The average Bonchev–Trinajstić information content (AvgIpc) is 2.67. The van der Waals surface area contributed by atoms with Crippen molar-refractivity contribution < 1.29 is 9.47 Å². The summed E-state index contributed by atoms with van der Waals surface area (Å²) in [6.45, 7) is 1.60. The van der Waals surface area contributed by atoms with Gasteiger partial charge in [0.25, 0.3) is 0 Å². The van der Waals surface area contributed by atoms with Gasteiger partial charge in [0.15, 0.2) is 5.96 Å². The number of rotatable bonds is 8. The Morgan fingerprint density at radius 1 is 0.923 bits per heavy atom. The number of halogens is 1. The summed E-state index contributed by atoms with van der Waals surface area (Å²) in [4.78, 5) is 4.27. The van der Waals surface area contributed by atoms with Crippen LogP contribution in [0.25, 0.3) is 0 Å². The number of nitrogens with one attached hydrogen (secondary N) is 2. The smallest absolute Gasteiger partial charge is 0.190 e. The highest BCUT2D eigenvalue weighted by atomic mass is 127. The number of aliphatic imine (C=N–C) groups is 1. The summed E-state index contributed by atoms with van der Waals surface area (Å²) in [5.41, 5.74) is 2.42. The van der Waals surface area contributed by atoms with Gasteiger partial charge in [0, 0.05) is 20.1 Å². The standard InChI is InChI=1S/C20H27N3O2.HI/c1-21-20(22-13-11-16-7-5-4-6-8-16)23-14-12-17-15-18(24-2)9-10-19(17)25-3;/h4-10,15H,11-14H2,1-3H3,(H2,21,22,23);1H. The van der Waals surface area contributed by atoms with E-state index < -0.39 is 0 Å². The first kappa shape index (κ1) is 22.1. The Morgan fingerprint density at radius 2 is 1.62 bits per heavy atom. The van der Waals surface area contributed by atoms with Crippen LogP contribution in [0.15, 0.2) is 53.5 Å². The Morgan fingerprint density at radius 3 is 2.23 bits per heavy atom. The molecule has 0 bridgehead atoms. The lowest BCUT2D eigenvalue weighted by Crippen LogP contribution is -2.39. The third kappa shape index (κ3) is 7.11. The van der Waals surface area contributed by atoms with E-state index in [1.54, 1.807) is 21.3 Å². The number of nitrogens with zero attached hydrogens (tertiary/aromatic N) is 1. The van der Waals surface area contributed by atoms with Crippen LogP contribution in [0.1, 0.15) is 11.1 Å². The van der Waals surface area contributed by atoms with Gasteiger partial charge in [-0.15, -0.1) is 24.0 Å². The van der Waals surface area contributed by atoms with E-state index in [-0.39, 0.29) is 24.0 Å². The number of hydrogen-bond donors (Lipinski definition) is 2. The van der Waals surface area contributed by atoms with Crippen molar-refractivity contribution in [3.8, 4) is 11.5 Å². The van der Waals surface area contributed by atoms with Gasteiger partial charge in [0.1, 0.15) is 11.5 Å². The lowest BCUT2D eigenvalue weighted by atomic mass is 10.1. The highest BCUT2D eigenvalue weighted by Crippen LogP contribution is 2.24. The summed E-state index contributed by atoms with van der Waals surface area (Å²) in [5, 5.41) is 6.67. The number of methoxy groups -OCH3 is 2. The van der Waals surface area contributed by atoms with E-state index in [9.17, 15) is 0 Å². The molecule has 2 N–H and O–H groups in total. The predicted octanol–water partition coefficient (Wildman–Crippen LogP) is 3.27. The molecule has 0 heterocycles. The summed E-state index contributed by atoms with van der Waals surface area (Å²) < 4.78 is 10.7. The van der Waals surface area contributed by atoms with Crippen molar-refractivity contribution in [2.45, 2.75) is 12.8 Å². The van der Waals surface area contributed by atoms with Gasteiger partial charge in [-0.05, 0) is 42.2 Å². The molecule has 2 aromatic rings. The second kappa shape index (κ2) is 12.4. The fourth-order valence-corrected chi connectivity index (χ4v) is 2.58. The fourth-order valence-electron chi connectivity index (χ4n) is 2.58. The third-order valence-electron chi connectivity index (χ3n) is 3.95. The van der Waals surface area contributed by atoms with E-state index in [2.05, 4.69) is 39.9 Å². The van der Waals surface area contributed by atoms with Gasteiger partial charge in [-0.1, -0.05) is 30.3 Å². The maximum Gasteiger partial charge on any atom is 0.190 e. The molecule has 0 amide bonds. The molecule has 0 spiro atoms. The molecule has 6 heteroatoms. The second-order valence-electron chi connectivity index (χ2n) is 5.59. The van der Waals surface area contributed by atoms with Gasteiger partial charge in [-0.3, -0.25) is 4.99 Å². The van der Waals surface area contributed by atoms with Crippen LogP contribution < -0.4 is 20.1 Å². The molecule has 0 atom stereocenters. The molecule has 142 valence electrons. The molecule has 26 heavy (non-hydrogen) atoms. The van der Waals surface area contributed by atoms with Crippen LogP contribution >= 0.6 is 24.0 Å². The van der Waals surface area contributed by atoms with E-state index >= 15 is 0 Å². The van der Waals surface area contributed by atoms with Crippen LogP contribution in [0.3, 0.4) is 0 Å². The van der Waals surface area contributed by atoms with Gasteiger partial charge >= 0.3 is 0 Å². The first-order chi connectivity index (χ1) is 12.3. The zero-order chi connectivity index (χ0) is 17.9. The molecule has 0 aliphatic carbocycles. The van der Waals surface area contributed by atoms with E-state index in [0.29, 0.717) is 0 Å². The van der Waals surface area contributed by atoms with Crippen molar-refractivity contribution in [3.05, 3.63) is 59.7 Å². The summed E-state index contributed by atoms with van der Waals surface area (Å²) in [7, 11) is 5.13. The van der Waals surface area contributed by atoms with Crippen molar-refractivity contribution in [2.24, 2.45) is 4.99 Å².